The highest BCUT2D eigenvalue weighted by Crippen LogP contribution is 2.34. The number of pyridine rings is 2. The average molecular weight is 479 g/mol. The lowest BCUT2D eigenvalue weighted by atomic mass is 10.1. The Morgan fingerprint density at radius 2 is 1.69 bits per heavy atom. The van der Waals surface area contributed by atoms with Gasteiger partial charge in [0.2, 0.25) is 0 Å². The Kier molecular flexibility index (Phi) is 5.07. The molecule has 0 aliphatic rings. The molecule has 6 aromatic rings. The topological polar surface area (TPSA) is 91.2 Å². The first-order chi connectivity index (χ1) is 17.6. The number of methoxy groups -OCH3 is 2. The van der Waals surface area contributed by atoms with Crippen molar-refractivity contribution in [3.63, 3.8) is 0 Å². The van der Waals surface area contributed by atoms with Crippen LogP contribution in [0.1, 0.15) is 0 Å². The van der Waals surface area contributed by atoms with Crippen LogP contribution in [-0.2, 0) is 4.79 Å². The number of anilines is 1. The molecule has 0 bridgehead atoms. The van der Waals surface area contributed by atoms with E-state index in [2.05, 4.69) is 10.3 Å². The SMILES string of the molecule is COc1ccc(NC(=O)COc2ccc3c(c2)c2ccnc4c5ccccc5c(=O)n3c24)cc1OC. The second kappa shape index (κ2) is 8.42. The molecule has 0 saturated carbocycles. The molecular weight excluding hydrogens is 458 g/mol. The number of fused-ring (bicyclic) bond motifs is 5. The van der Waals surface area contributed by atoms with Crippen molar-refractivity contribution in [1.82, 2.24) is 9.38 Å². The molecule has 3 aromatic heterocycles. The molecule has 0 fully saturated rings. The fourth-order valence-corrected chi connectivity index (χ4v) is 4.70. The molecule has 8 heteroatoms. The summed E-state index contributed by atoms with van der Waals surface area (Å²) in [5, 5.41) is 5.99. The zero-order chi connectivity index (χ0) is 24.8. The van der Waals surface area contributed by atoms with E-state index in [1.54, 1.807) is 42.0 Å². The van der Waals surface area contributed by atoms with Crippen molar-refractivity contribution in [2.45, 2.75) is 0 Å². The minimum absolute atomic E-state index is 0.0888. The molecular formula is C28H21N3O5. The van der Waals surface area contributed by atoms with Gasteiger partial charge in [0.05, 0.1) is 30.8 Å². The molecule has 0 aliphatic carbocycles. The molecule has 0 unspecified atom stereocenters. The number of rotatable bonds is 6. The Bertz CT molecular complexity index is 1840. The van der Waals surface area contributed by atoms with E-state index in [-0.39, 0.29) is 18.1 Å². The Labute approximate surface area is 205 Å². The van der Waals surface area contributed by atoms with Crippen LogP contribution in [0.5, 0.6) is 17.2 Å². The number of amides is 1. The summed E-state index contributed by atoms with van der Waals surface area (Å²) >= 11 is 0. The maximum absolute atomic E-state index is 13.4. The summed E-state index contributed by atoms with van der Waals surface area (Å²) in [5.74, 6) is 1.29. The first-order valence-electron chi connectivity index (χ1n) is 11.3. The number of nitrogens with zero attached hydrogens (tertiary/aromatic N) is 2. The van der Waals surface area contributed by atoms with Gasteiger partial charge in [0.15, 0.2) is 18.1 Å². The van der Waals surface area contributed by atoms with Crippen molar-refractivity contribution in [2.75, 3.05) is 26.1 Å². The summed E-state index contributed by atoms with van der Waals surface area (Å²) in [5.41, 5.74) is 2.79. The van der Waals surface area contributed by atoms with E-state index >= 15 is 0 Å². The van der Waals surface area contributed by atoms with Crippen molar-refractivity contribution in [3.05, 3.63) is 83.3 Å². The summed E-state index contributed by atoms with van der Waals surface area (Å²) in [6.07, 6.45) is 1.75. The third-order valence-corrected chi connectivity index (χ3v) is 6.30. The molecule has 0 atom stereocenters. The molecule has 3 aromatic carbocycles. The summed E-state index contributed by atoms with van der Waals surface area (Å²) in [6.45, 7) is -0.185. The van der Waals surface area contributed by atoms with Crippen LogP contribution in [0.25, 0.3) is 38.1 Å². The van der Waals surface area contributed by atoms with Gasteiger partial charge in [-0.05, 0) is 42.5 Å². The summed E-state index contributed by atoms with van der Waals surface area (Å²) < 4.78 is 18.0. The zero-order valence-electron chi connectivity index (χ0n) is 19.6. The molecule has 36 heavy (non-hydrogen) atoms. The minimum atomic E-state index is -0.320. The highest BCUT2D eigenvalue weighted by Gasteiger charge is 2.18. The Morgan fingerprint density at radius 3 is 2.50 bits per heavy atom. The largest absolute Gasteiger partial charge is 0.493 e. The van der Waals surface area contributed by atoms with E-state index < -0.39 is 0 Å². The normalized spacial score (nSPS) is 11.4. The number of carbonyl (C=O) groups is 1. The summed E-state index contributed by atoms with van der Waals surface area (Å²) in [6, 6.07) is 20.0. The van der Waals surface area contributed by atoms with Crippen LogP contribution in [-0.4, -0.2) is 36.1 Å². The molecule has 0 aliphatic heterocycles. The van der Waals surface area contributed by atoms with Crippen LogP contribution in [0.3, 0.4) is 0 Å². The number of aromatic nitrogens is 2. The molecule has 6 rings (SSSR count). The average Bonchev–Trinajstić information content (AvgIpc) is 3.25. The van der Waals surface area contributed by atoms with Gasteiger partial charge in [0, 0.05) is 39.5 Å². The molecule has 178 valence electrons. The lowest BCUT2D eigenvalue weighted by Gasteiger charge is -2.11. The number of ether oxygens (including phenoxy) is 3. The molecule has 8 nitrogen and oxygen atoms in total. The smallest absolute Gasteiger partial charge is 0.263 e. The van der Waals surface area contributed by atoms with Crippen molar-refractivity contribution in [2.24, 2.45) is 0 Å². The maximum atomic E-state index is 13.4. The summed E-state index contributed by atoms with van der Waals surface area (Å²) in [7, 11) is 3.08. The fraction of sp³-hybridized carbons (Fsp3) is 0.107. The van der Waals surface area contributed by atoms with Gasteiger partial charge >= 0.3 is 0 Å². The monoisotopic (exact) mass is 479 g/mol. The predicted octanol–water partition coefficient (Wildman–Crippen LogP) is 4.63. The highest BCUT2D eigenvalue weighted by atomic mass is 16.5. The van der Waals surface area contributed by atoms with Crippen molar-refractivity contribution in [3.8, 4) is 17.2 Å². The van der Waals surface area contributed by atoms with Gasteiger partial charge in [-0.2, -0.15) is 0 Å². The first-order valence-corrected chi connectivity index (χ1v) is 11.3. The number of benzene rings is 3. The van der Waals surface area contributed by atoms with Crippen LogP contribution in [0.15, 0.2) is 77.7 Å². The van der Waals surface area contributed by atoms with Gasteiger partial charge in [-0.1, -0.05) is 18.2 Å². The second-order valence-corrected chi connectivity index (χ2v) is 8.33. The standard InChI is InChI=1S/C28H21N3O5/c1-34-23-10-7-16(13-24(23)35-2)30-25(32)15-36-17-8-9-22-21(14-17)19-11-12-29-26-18-5-3-4-6-20(18)28(33)31(22)27(19)26/h3-14H,15H2,1-2H3,(H,30,32). The number of hydrogen-bond acceptors (Lipinski definition) is 6. The third-order valence-electron chi connectivity index (χ3n) is 6.30. The molecule has 1 amide bonds. The van der Waals surface area contributed by atoms with E-state index in [1.165, 1.54) is 7.11 Å². The maximum Gasteiger partial charge on any atom is 0.263 e. The van der Waals surface area contributed by atoms with E-state index in [0.29, 0.717) is 28.3 Å². The van der Waals surface area contributed by atoms with Crippen molar-refractivity contribution >= 4 is 49.7 Å². The lowest BCUT2D eigenvalue weighted by molar-refractivity contribution is -0.118. The second-order valence-electron chi connectivity index (χ2n) is 8.33. The quantitative estimate of drug-likeness (QED) is 0.351. The Morgan fingerprint density at radius 1 is 0.889 bits per heavy atom. The van der Waals surface area contributed by atoms with Gasteiger partial charge in [0.25, 0.3) is 11.5 Å². The van der Waals surface area contributed by atoms with Crippen LogP contribution in [0.4, 0.5) is 5.69 Å². The van der Waals surface area contributed by atoms with E-state index in [9.17, 15) is 9.59 Å². The molecule has 3 heterocycles. The third kappa shape index (κ3) is 3.34. The van der Waals surface area contributed by atoms with Crippen LogP contribution in [0, 0.1) is 0 Å². The van der Waals surface area contributed by atoms with E-state index in [1.807, 2.05) is 42.5 Å². The van der Waals surface area contributed by atoms with Crippen molar-refractivity contribution in [1.29, 1.82) is 0 Å². The van der Waals surface area contributed by atoms with Crippen LogP contribution >= 0.6 is 0 Å². The van der Waals surface area contributed by atoms with Crippen molar-refractivity contribution < 1.29 is 19.0 Å². The molecule has 1 N–H and O–H groups in total. The Hall–Kier alpha value is -4.85. The number of carbonyl (C=O) groups excluding carboxylic acids is 1. The van der Waals surface area contributed by atoms with Gasteiger partial charge in [0.1, 0.15) is 5.75 Å². The van der Waals surface area contributed by atoms with Crippen LogP contribution in [0.2, 0.25) is 0 Å². The van der Waals surface area contributed by atoms with Gasteiger partial charge in [-0.3, -0.25) is 19.0 Å². The highest BCUT2D eigenvalue weighted by molar-refractivity contribution is 6.18. The number of hydrogen-bond donors (Lipinski definition) is 1. The van der Waals surface area contributed by atoms with Crippen LogP contribution < -0.4 is 25.1 Å². The van der Waals surface area contributed by atoms with E-state index in [4.69, 9.17) is 14.2 Å². The van der Waals surface area contributed by atoms with Gasteiger partial charge < -0.3 is 19.5 Å². The first kappa shape index (κ1) is 21.7. The van der Waals surface area contributed by atoms with Gasteiger partial charge in [-0.15, -0.1) is 0 Å². The zero-order valence-corrected chi connectivity index (χ0v) is 19.6. The molecule has 0 radical (unpaired) electrons. The summed E-state index contributed by atoms with van der Waals surface area (Å²) in [4.78, 5) is 30.5. The van der Waals surface area contributed by atoms with E-state index in [0.717, 1.165) is 32.7 Å². The fourth-order valence-electron chi connectivity index (χ4n) is 4.70. The van der Waals surface area contributed by atoms with Gasteiger partial charge in [-0.25, -0.2) is 0 Å². The predicted molar refractivity (Wildman–Crippen MR) is 139 cm³/mol. The molecule has 0 saturated heterocycles. The molecule has 0 spiro atoms. The Balaban J connectivity index is 1.33. The lowest BCUT2D eigenvalue weighted by Crippen LogP contribution is -2.20. The minimum Gasteiger partial charge on any atom is -0.493 e. The number of nitrogens with one attached hydrogen (secondary N) is 1.